The molecule has 1 aliphatic rings. The third-order valence-electron chi connectivity index (χ3n) is 4.65. The lowest BCUT2D eigenvalue weighted by atomic mass is 9.88. The van der Waals surface area contributed by atoms with Crippen LogP contribution in [0, 0.1) is 5.92 Å². The van der Waals surface area contributed by atoms with Crippen molar-refractivity contribution in [3.8, 4) is 0 Å². The third kappa shape index (κ3) is 4.06. The van der Waals surface area contributed by atoms with Crippen LogP contribution in [0.2, 0.25) is 0 Å². The lowest BCUT2D eigenvalue weighted by molar-refractivity contribution is 0.0601. The van der Waals surface area contributed by atoms with Crippen molar-refractivity contribution in [3.05, 3.63) is 45.8 Å². The number of carbonyl (C=O) groups excluding carboxylic acids is 2. The maximum atomic E-state index is 12.7. The molecular formula is C19H21NO5S2. The minimum Gasteiger partial charge on any atom is -0.465 e. The molecule has 0 saturated heterocycles. The van der Waals surface area contributed by atoms with Gasteiger partial charge in [-0.1, -0.05) is 13.0 Å². The van der Waals surface area contributed by atoms with Gasteiger partial charge in [0.05, 0.1) is 17.6 Å². The maximum absolute atomic E-state index is 12.7. The van der Waals surface area contributed by atoms with Crippen LogP contribution in [0.5, 0.6) is 0 Å². The van der Waals surface area contributed by atoms with Crippen LogP contribution in [0.4, 0.5) is 5.00 Å². The molecule has 1 unspecified atom stereocenters. The number of amides is 1. The molecule has 0 saturated carbocycles. The largest absolute Gasteiger partial charge is 0.465 e. The summed E-state index contributed by atoms with van der Waals surface area (Å²) in [6, 6.07) is 5.83. The second kappa shape index (κ2) is 7.44. The second-order valence-corrected chi connectivity index (χ2v) is 9.92. The van der Waals surface area contributed by atoms with E-state index in [0.29, 0.717) is 16.5 Å². The zero-order chi connectivity index (χ0) is 19.8. The van der Waals surface area contributed by atoms with Gasteiger partial charge in [-0.2, -0.15) is 0 Å². The minimum absolute atomic E-state index is 0.0719. The number of anilines is 1. The number of rotatable bonds is 4. The summed E-state index contributed by atoms with van der Waals surface area (Å²) >= 11 is 1.39. The minimum atomic E-state index is -3.42. The number of hydrogen-bond acceptors (Lipinski definition) is 6. The van der Waals surface area contributed by atoms with Crippen molar-refractivity contribution >= 4 is 38.1 Å². The van der Waals surface area contributed by atoms with Crippen molar-refractivity contribution in [2.45, 2.75) is 31.1 Å². The van der Waals surface area contributed by atoms with Crippen molar-refractivity contribution in [2.24, 2.45) is 5.92 Å². The first-order valence-corrected chi connectivity index (χ1v) is 11.3. The van der Waals surface area contributed by atoms with Crippen LogP contribution >= 0.6 is 11.3 Å². The third-order valence-corrected chi connectivity index (χ3v) is 6.93. The highest BCUT2D eigenvalue weighted by Crippen LogP contribution is 2.40. The number of ether oxygens (including phenoxy) is 1. The number of methoxy groups -OCH3 is 1. The molecular weight excluding hydrogens is 386 g/mol. The van der Waals surface area contributed by atoms with Gasteiger partial charge in [0.25, 0.3) is 5.91 Å². The average molecular weight is 408 g/mol. The van der Waals surface area contributed by atoms with E-state index in [1.165, 1.54) is 42.7 Å². The maximum Gasteiger partial charge on any atom is 0.341 e. The number of carbonyl (C=O) groups is 2. The molecule has 8 heteroatoms. The van der Waals surface area contributed by atoms with E-state index >= 15 is 0 Å². The van der Waals surface area contributed by atoms with E-state index in [2.05, 4.69) is 12.2 Å². The molecule has 1 aromatic carbocycles. The van der Waals surface area contributed by atoms with Gasteiger partial charge in [0.2, 0.25) is 0 Å². The van der Waals surface area contributed by atoms with E-state index in [0.717, 1.165) is 36.0 Å². The topological polar surface area (TPSA) is 89.5 Å². The van der Waals surface area contributed by atoms with Gasteiger partial charge in [0.15, 0.2) is 9.84 Å². The predicted molar refractivity (Wildman–Crippen MR) is 104 cm³/mol. The van der Waals surface area contributed by atoms with E-state index in [1.807, 2.05) is 0 Å². The van der Waals surface area contributed by atoms with Crippen molar-refractivity contribution in [2.75, 3.05) is 18.7 Å². The number of fused-ring (bicyclic) bond motifs is 1. The van der Waals surface area contributed by atoms with Crippen molar-refractivity contribution in [1.82, 2.24) is 0 Å². The van der Waals surface area contributed by atoms with Gasteiger partial charge in [0.1, 0.15) is 5.00 Å². The van der Waals surface area contributed by atoms with Gasteiger partial charge in [-0.15, -0.1) is 11.3 Å². The molecule has 27 heavy (non-hydrogen) atoms. The number of nitrogens with one attached hydrogen (secondary N) is 1. The summed E-state index contributed by atoms with van der Waals surface area (Å²) < 4.78 is 28.4. The van der Waals surface area contributed by atoms with Crippen LogP contribution in [-0.4, -0.2) is 33.7 Å². The highest BCUT2D eigenvalue weighted by Gasteiger charge is 2.29. The lowest BCUT2D eigenvalue weighted by Gasteiger charge is -2.18. The fourth-order valence-corrected chi connectivity index (χ4v) is 5.26. The smallest absolute Gasteiger partial charge is 0.341 e. The Morgan fingerprint density at radius 3 is 2.70 bits per heavy atom. The molecule has 0 radical (unpaired) electrons. The van der Waals surface area contributed by atoms with Crippen LogP contribution in [-0.2, 0) is 27.4 Å². The Labute approximate surface area is 162 Å². The van der Waals surface area contributed by atoms with E-state index in [9.17, 15) is 18.0 Å². The normalized spacial score (nSPS) is 16.5. The van der Waals surface area contributed by atoms with Gasteiger partial charge in [-0.3, -0.25) is 4.79 Å². The SMILES string of the molecule is COC(=O)c1c(NC(=O)c2cccc(S(C)(=O)=O)c2)sc2c1CCC(C)C2. The molecule has 2 aromatic rings. The zero-order valence-electron chi connectivity index (χ0n) is 15.4. The molecule has 0 fully saturated rings. The summed E-state index contributed by atoms with van der Waals surface area (Å²) in [5, 5.41) is 3.23. The molecule has 1 aliphatic carbocycles. The van der Waals surface area contributed by atoms with Crippen molar-refractivity contribution in [1.29, 1.82) is 0 Å². The van der Waals surface area contributed by atoms with Gasteiger partial charge >= 0.3 is 5.97 Å². The molecule has 1 amide bonds. The van der Waals surface area contributed by atoms with Crippen LogP contribution in [0.15, 0.2) is 29.2 Å². The number of benzene rings is 1. The van der Waals surface area contributed by atoms with Gasteiger partial charge < -0.3 is 10.1 Å². The Morgan fingerprint density at radius 1 is 1.30 bits per heavy atom. The quantitative estimate of drug-likeness (QED) is 0.786. The van der Waals surface area contributed by atoms with Crippen LogP contribution in [0.3, 0.4) is 0 Å². The van der Waals surface area contributed by atoms with Crippen molar-refractivity contribution in [3.63, 3.8) is 0 Å². The lowest BCUT2D eigenvalue weighted by Crippen LogP contribution is -2.16. The predicted octanol–water partition coefficient (Wildman–Crippen LogP) is 3.32. The summed E-state index contributed by atoms with van der Waals surface area (Å²) in [7, 11) is -2.10. The number of esters is 1. The Kier molecular flexibility index (Phi) is 5.39. The standard InChI is InChI=1S/C19H21NO5S2/c1-11-7-8-14-15(9-11)26-18(16(14)19(22)25-2)20-17(21)12-5-4-6-13(10-12)27(3,23)24/h4-6,10-11H,7-9H2,1-3H3,(H,20,21). The molecule has 0 aliphatic heterocycles. The fourth-order valence-electron chi connectivity index (χ4n) is 3.20. The van der Waals surface area contributed by atoms with Gasteiger partial charge in [-0.05, 0) is 48.9 Å². The Hall–Kier alpha value is -2.19. The molecule has 1 atom stereocenters. The van der Waals surface area contributed by atoms with E-state index in [4.69, 9.17) is 4.74 Å². The summed E-state index contributed by atoms with van der Waals surface area (Å²) in [4.78, 5) is 26.2. The van der Waals surface area contributed by atoms with Crippen LogP contribution in [0.1, 0.15) is 44.5 Å². The summed E-state index contributed by atoms with van der Waals surface area (Å²) in [6.45, 7) is 2.16. The molecule has 6 nitrogen and oxygen atoms in total. The highest BCUT2D eigenvalue weighted by atomic mass is 32.2. The first kappa shape index (κ1) is 19.6. The fraction of sp³-hybridized carbons (Fsp3) is 0.368. The van der Waals surface area contributed by atoms with E-state index < -0.39 is 21.7 Å². The molecule has 144 valence electrons. The summed E-state index contributed by atoms with van der Waals surface area (Å²) in [5.74, 6) is -0.406. The molecule has 0 bridgehead atoms. The molecule has 0 spiro atoms. The van der Waals surface area contributed by atoms with Gasteiger partial charge in [0, 0.05) is 16.7 Å². The first-order valence-electron chi connectivity index (χ1n) is 8.55. The molecule has 1 N–H and O–H groups in total. The average Bonchev–Trinajstić information content (AvgIpc) is 2.97. The first-order chi connectivity index (χ1) is 12.7. The Balaban J connectivity index is 1.96. The molecule has 1 heterocycles. The van der Waals surface area contributed by atoms with Gasteiger partial charge in [-0.25, -0.2) is 13.2 Å². The molecule has 3 rings (SSSR count). The Bertz CT molecular complexity index is 1010. The van der Waals surface area contributed by atoms with Crippen molar-refractivity contribution < 1.29 is 22.7 Å². The summed E-state index contributed by atoms with van der Waals surface area (Å²) in [6.07, 6.45) is 3.71. The Morgan fingerprint density at radius 2 is 2.04 bits per heavy atom. The number of sulfone groups is 1. The van der Waals surface area contributed by atoms with E-state index in [1.54, 1.807) is 0 Å². The second-order valence-electron chi connectivity index (χ2n) is 6.80. The zero-order valence-corrected chi connectivity index (χ0v) is 17.0. The van der Waals surface area contributed by atoms with Crippen LogP contribution < -0.4 is 5.32 Å². The number of hydrogen-bond donors (Lipinski definition) is 1. The molecule has 1 aromatic heterocycles. The number of thiophene rings is 1. The summed E-state index contributed by atoms with van der Waals surface area (Å²) in [5.41, 5.74) is 1.58. The van der Waals surface area contributed by atoms with E-state index in [-0.39, 0.29) is 10.5 Å². The highest BCUT2D eigenvalue weighted by molar-refractivity contribution is 7.90. The van der Waals surface area contributed by atoms with Crippen LogP contribution in [0.25, 0.3) is 0 Å². The monoisotopic (exact) mass is 407 g/mol.